The first kappa shape index (κ1) is 128. The predicted molar refractivity (Wildman–Crippen MR) is 619 cm³/mol. The third kappa shape index (κ3) is 80.6. The number of rotatable bonds is 114. The van der Waals surface area contributed by atoms with Crippen LogP contribution in [-0.2, 0) is 0 Å². The maximum atomic E-state index is 6.81. The maximum absolute atomic E-state index is 6.81. The summed E-state index contributed by atoms with van der Waals surface area (Å²) in [6, 6.07) is 18.7. The van der Waals surface area contributed by atoms with Gasteiger partial charge in [-0.3, -0.25) is 0 Å². The summed E-state index contributed by atoms with van der Waals surface area (Å²) in [4.78, 5) is 15.6. The van der Waals surface area contributed by atoms with Gasteiger partial charge < -0.3 is 44.4 Å². The number of aromatic nitrogens is 3. The lowest BCUT2D eigenvalue weighted by Crippen LogP contribution is -2.09. The Morgan fingerprint density at radius 2 is 0.241 bits per heavy atom. The van der Waals surface area contributed by atoms with Crippen molar-refractivity contribution in [1.82, 2.24) is 15.0 Å². The van der Waals surface area contributed by atoms with Crippen LogP contribution in [0.4, 0.5) is 34.9 Å². The molecular formula is C129H234N6O6. The summed E-state index contributed by atoms with van der Waals surface area (Å²) in [7, 11) is 0. The largest absolute Gasteiger partial charge is 0.490 e. The van der Waals surface area contributed by atoms with Gasteiger partial charge in [0, 0.05) is 35.3 Å². The summed E-state index contributed by atoms with van der Waals surface area (Å²) < 4.78 is 40.5. The third-order valence-electron chi connectivity index (χ3n) is 29.8. The zero-order valence-electron chi connectivity index (χ0n) is 94.6. The first-order chi connectivity index (χ1) is 70.0. The van der Waals surface area contributed by atoms with Crippen LogP contribution in [0.15, 0.2) is 54.6 Å². The minimum atomic E-state index is 0.387. The van der Waals surface area contributed by atoms with E-state index in [-0.39, 0.29) is 0 Å². The van der Waals surface area contributed by atoms with E-state index in [0.717, 1.165) is 109 Å². The first-order valence-corrected chi connectivity index (χ1v) is 63.3. The van der Waals surface area contributed by atoms with E-state index in [1.807, 2.05) is 0 Å². The molecule has 12 heteroatoms. The van der Waals surface area contributed by atoms with Crippen LogP contribution in [0.1, 0.15) is 658 Å². The van der Waals surface area contributed by atoms with Crippen molar-refractivity contribution >= 4 is 34.9 Å². The number of unbranched alkanes of at least 4 members (excludes halogenated alkanes) is 90. The second-order valence-corrected chi connectivity index (χ2v) is 43.6. The monoisotopic (exact) mass is 1960 g/mol. The number of ether oxygens (including phenoxy) is 6. The molecule has 3 N–H and O–H groups in total. The van der Waals surface area contributed by atoms with Crippen LogP contribution in [0, 0.1) is 0 Å². The summed E-state index contributed by atoms with van der Waals surface area (Å²) >= 11 is 0. The van der Waals surface area contributed by atoms with Gasteiger partial charge in [-0.25, -0.2) is 0 Å². The fraction of sp³-hybridized carbons (Fsp3) is 0.837. The number of nitrogens with zero attached hydrogens (tertiary/aromatic N) is 3. The van der Waals surface area contributed by atoms with Crippen LogP contribution in [0.25, 0.3) is 0 Å². The van der Waals surface area contributed by atoms with Crippen molar-refractivity contribution in [3.8, 4) is 34.5 Å². The van der Waals surface area contributed by atoms with Gasteiger partial charge in [0.25, 0.3) is 0 Å². The van der Waals surface area contributed by atoms with Gasteiger partial charge in [0.05, 0.1) is 39.6 Å². The highest BCUT2D eigenvalue weighted by Crippen LogP contribution is 2.38. The highest BCUT2D eigenvalue weighted by Gasteiger charge is 2.18. The van der Waals surface area contributed by atoms with Crippen molar-refractivity contribution in [3.05, 3.63) is 54.6 Å². The van der Waals surface area contributed by atoms with Crippen LogP contribution in [0.5, 0.6) is 34.5 Å². The smallest absolute Gasteiger partial charge is 0.233 e. The Bertz CT molecular complexity index is 2900. The van der Waals surface area contributed by atoms with Crippen LogP contribution < -0.4 is 44.4 Å². The topological polar surface area (TPSA) is 130 Å². The molecule has 0 aliphatic heterocycles. The molecule has 0 amide bonds. The molecule has 0 unspecified atom stereocenters. The van der Waals surface area contributed by atoms with Crippen LogP contribution in [0.2, 0.25) is 0 Å². The van der Waals surface area contributed by atoms with Gasteiger partial charge in [0.15, 0.2) is 34.5 Å². The Kier molecular flexibility index (Phi) is 92.8. The molecule has 0 bridgehead atoms. The van der Waals surface area contributed by atoms with Crippen molar-refractivity contribution < 1.29 is 28.4 Å². The van der Waals surface area contributed by atoms with E-state index in [0.29, 0.717) is 57.5 Å². The number of nitrogens with one attached hydrogen (secondary N) is 3. The highest BCUT2D eigenvalue weighted by molar-refractivity contribution is 5.66. The van der Waals surface area contributed by atoms with Gasteiger partial charge in [-0.2, -0.15) is 15.0 Å². The van der Waals surface area contributed by atoms with Gasteiger partial charge in [-0.05, 0) is 74.9 Å². The molecule has 4 rings (SSSR count). The fourth-order valence-electron chi connectivity index (χ4n) is 20.4. The molecule has 1 aromatic heterocycles. The Morgan fingerprint density at radius 3 is 0.362 bits per heavy atom. The van der Waals surface area contributed by atoms with Gasteiger partial charge in [-0.1, -0.05) is 619 Å². The summed E-state index contributed by atoms with van der Waals surface area (Å²) in [5.41, 5.74) is 2.42. The Morgan fingerprint density at radius 1 is 0.135 bits per heavy atom. The molecule has 3 aromatic carbocycles. The minimum absolute atomic E-state index is 0.387. The van der Waals surface area contributed by atoms with E-state index in [1.165, 1.54) is 559 Å². The molecule has 141 heavy (non-hydrogen) atoms. The SMILES string of the molecule is CCCCCCCCCCCCCCCCCCOc1ccc(Nc2nc(Nc3ccc(OCCCCCCCCCCCCCCCCCC)c(OCCCCCCCCCCCCCCCCCC)c3)nc(Nc3ccc(OCCCCCCCCCCCCCCCCCC)c(OCCCCCCCCCCCCCCCCCC)c3)n2)cc1OCCCCCCCCCCCCCCCCCC. The molecule has 0 spiro atoms. The molecule has 4 aromatic rings. The summed E-state index contributed by atoms with van der Waals surface area (Å²) in [6.07, 6.45) is 129. The number of hydrogen-bond acceptors (Lipinski definition) is 12. The molecule has 0 radical (unpaired) electrons. The van der Waals surface area contributed by atoms with E-state index in [4.69, 9.17) is 43.4 Å². The molecular weight excluding hydrogens is 1730 g/mol. The number of benzene rings is 3. The molecule has 816 valence electrons. The average molecular weight is 1970 g/mol. The Labute approximate surface area is 875 Å². The molecule has 1 heterocycles. The first-order valence-electron chi connectivity index (χ1n) is 63.3. The van der Waals surface area contributed by atoms with E-state index >= 15 is 0 Å². The summed E-state index contributed by atoms with van der Waals surface area (Å²) in [5, 5.41) is 11.0. The zero-order chi connectivity index (χ0) is 99.9. The summed E-state index contributed by atoms with van der Waals surface area (Å²) in [5.74, 6) is 5.76. The van der Waals surface area contributed by atoms with Crippen LogP contribution >= 0.6 is 0 Å². The van der Waals surface area contributed by atoms with Crippen LogP contribution in [-0.4, -0.2) is 54.6 Å². The molecule has 0 aliphatic carbocycles. The highest BCUT2D eigenvalue weighted by atomic mass is 16.5. The average Bonchev–Trinajstić information content (AvgIpc) is 0.816. The van der Waals surface area contributed by atoms with E-state index in [9.17, 15) is 0 Å². The second kappa shape index (κ2) is 102. The third-order valence-corrected chi connectivity index (χ3v) is 29.8. The predicted octanol–water partition coefficient (Wildman–Crippen LogP) is 44.9. The van der Waals surface area contributed by atoms with E-state index in [1.54, 1.807) is 0 Å². The molecule has 0 aliphatic rings. The number of hydrogen-bond donors (Lipinski definition) is 3. The zero-order valence-corrected chi connectivity index (χ0v) is 94.6. The fourth-order valence-corrected chi connectivity index (χ4v) is 20.4. The van der Waals surface area contributed by atoms with Gasteiger partial charge >= 0.3 is 0 Å². The molecule has 0 saturated heterocycles. The van der Waals surface area contributed by atoms with Crippen molar-refractivity contribution in [2.75, 3.05) is 55.6 Å². The van der Waals surface area contributed by atoms with E-state index in [2.05, 4.69) is 112 Å². The van der Waals surface area contributed by atoms with Gasteiger partial charge in [0.1, 0.15) is 0 Å². The Balaban J connectivity index is 1.60. The van der Waals surface area contributed by atoms with Crippen molar-refractivity contribution in [2.24, 2.45) is 0 Å². The standard InChI is InChI=1S/C129H234N6O6/c1-7-13-19-25-31-37-43-49-55-61-67-73-79-85-91-97-109-136-121-106-103-118(115-124(121)139-112-100-94-88-82-76-70-64-58-52-46-40-34-28-22-16-10-4)130-127-133-128(131-119-104-107-122(137-110-98-92-86-80-74-68-62-56-50-44-38-32-26-20-14-8-2)125(116-119)140-113-101-95-89-83-77-71-65-59-53-47-41-35-29-23-17-11-5)135-129(134-127)132-120-105-108-123(138-111-99-93-87-81-75-69-63-57-51-45-39-33-27-21-15-9-3)126(117-120)141-114-102-96-90-84-78-72-66-60-54-48-42-36-30-24-18-12-6/h103-108,115-117H,7-102,109-114H2,1-6H3,(H3,130,131,132,133,134,135). The molecule has 0 fully saturated rings. The minimum Gasteiger partial charge on any atom is -0.490 e. The lowest BCUT2D eigenvalue weighted by Gasteiger charge is -2.17. The number of anilines is 6. The lowest BCUT2D eigenvalue weighted by atomic mass is 10.0. The quantitative estimate of drug-likeness (QED) is 0.0364. The van der Waals surface area contributed by atoms with E-state index < -0.39 is 0 Å². The molecule has 0 saturated carbocycles. The lowest BCUT2D eigenvalue weighted by molar-refractivity contribution is 0.258. The Hall–Kier alpha value is -5.13. The van der Waals surface area contributed by atoms with Gasteiger partial charge in [-0.15, -0.1) is 0 Å². The van der Waals surface area contributed by atoms with Crippen molar-refractivity contribution in [3.63, 3.8) is 0 Å². The summed E-state index contributed by atoms with van der Waals surface area (Å²) in [6.45, 7) is 17.8. The maximum Gasteiger partial charge on any atom is 0.233 e. The van der Waals surface area contributed by atoms with Gasteiger partial charge in [0.2, 0.25) is 17.8 Å². The van der Waals surface area contributed by atoms with Crippen molar-refractivity contribution in [1.29, 1.82) is 0 Å². The molecule has 12 nitrogen and oxygen atoms in total. The van der Waals surface area contributed by atoms with Crippen molar-refractivity contribution in [2.45, 2.75) is 658 Å². The second-order valence-electron chi connectivity index (χ2n) is 43.6. The normalized spacial score (nSPS) is 11.5. The van der Waals surface area contributed by atoms with Crippen LogP contribution in [0.3, 0.4) is 0 Å². The molecule has 0 atom stereocenters.